The molecule has 0 bridgehead atoms. The van der Waals surface area contributed by atoms with Crippen LogP contribution in [0.1, 0.15) is 36.1 Å². The van der Waals surface area contributed by atoms with Crippen LogP contribution in [0.5, 0.6) is 5.75 Å². The summed E-state index contributed by atoms with van der Waals surface area (Å²) in [6.07, 6.45) is 4.64. The first-order valence-corrected chi connectivity index (χ1v) is 7.96. The van der Waals surface area contributed by atoms with Crippen LogP contribution in [0.15, 0.2) is 41.1 Å². The van der Waals surface area contributed by atoms with E-state index in [9.17, 15) is 0 Å². The number of hydrogen-bond acceptors (Lipinski definition) is 3. The number of hydrogen-bond donors (Lipinski definition) is 1. The molecule has 21 heavy (non-hydrogen) atoms. The van der Waals surface area contributed by atoms with Crippen molar-refractivity contribution in [3.63, 3.8) is 0 Å². The van der Waals surface area contributed by atoms with E-state index in [0.29, 0.717) is 6.61 Å². The Bertz CT molecular complexity index is 601. The summed E-state index contributed by atoms with van der Waals surface area (Å²) < 4.78 is 6.80. The lowest BCUT2D eigenvalue weighted by atomic mass is 9.96. The molecule has 1 heterocycles. The first-order chi connectivity index (χ1) is 10.2. The van der Waals surface area contributed by atoms with Gasteiger partial charge in [0.15, 0.2) is 0 Å². The summed E-state index contributed by atoms with van der Waals surface area (Å²) in [4.78, 5) is 4.31. The fourth-order valence-electron chi connectivity index (χ4n) is 2.33. The van der Waals surface area contributed by atoms with Crippen LogP contribution >= 0.6 is 15.9 Å². The van der Waals surface area contributed by atoms with Crippen molar-refractivity contribution in [2.75, 3.05) is 13.7 Å². The molecule has 3 nitrogen and oxygen atoms in total. The number of nitrogens with zero attached hydrogens (tertiary/aromatic N) is 1. The Morgan fingerprint density at radius 3 is 2.86 bits per heavy atom. The largest absolute Gasteiger partial charge is 0.492 e. The van der Waals surface area contributed by atoms with Crippen LogP contribution in [0.25, 0.3) is 0 Å². The Morgan fingerprint density at radius 1 is 1.33 bits per heavy atom. The second-order valence-corrected chi connectivity index (χ2v) is 5.83. The quantitative estimate of drug-likeness (QED) is 0.847. The van der Waals surface area contributed by atoms with Crippen LogP contribution in [0, 0.1) is 6.92 Å². The molecule has 4 heteroatoms. The van der Waals surface area contributed by atoms with Crippen LogP contribution < -0.4 is 10.1 Å². The van der Waals surface area contributed by atoms with Crippen molar-refractivity contribution in [3.05, 3.63) is 57.8 Å². The molecule has 0 aliphatic heterocycles. The van der Waals surface area contributed by atoms with Crippen LogP contribution in [-0.2, 0) is 0 Å². The third kappa shape index (κ3) is 3.83. The number of benzene rings is 1. The summed E-state index contributed by atoms with van der Waals surface area (Å²) in [7, 11) is 1.96. The van der Waals surface area contributed by atoms with Crippen molar-refractivity contribution in [1.29, 1.82) is 0 Å². The Morgan fingerprint density at radius 2 is 2.14 bits per heavy atom. The number of nitrogens with one attached hydrogen (secondary N) is 1. The van der Waals surface area contributed by atoms with Gasteiger partial charge in [0.25, 0.3) is 0 Å². The molecule has 0 radical (unpaired) electrons. The van der Waals surface area contributed by atoms with E-state index >= 15 is 0 Å². The van der Waals surface area contributed by atoms with E-state index in [0.717, 1.165) is 22.2 Å². The molecule has 1 atom stereocenters. The van der Waals surface area contributed by atoms with E-state index in [1.165, 1.54) is 11.1 Å². The van der Waals surface area contributed by atoms with E-state index in [1.54, 1.807) is 6.20 Å². The number of aromatic nitrogens is 1. The fraction of sp³-hybridized carbons (Fsp3) is 0.353. The van der Waals surface area contributed by atoms with Gasteiger partial charge < -0.3 is 10.1 Å². The highest BCUT2D eigenvalue weighted by atomic mass is 79.9. The molecule has 2 rings (SSSR count). The van der Waals surface area contributed by atoms with Gasteiger partial charge in [0.2, 0.25) is 0 Å². The summed E-state index contributed by atoms with van der Waals surface area (Å²) in [6.45, 7) is 4.93. The molecule has 2 aromatic rings. The summed E-state index contributed by atoms with van der Waals surface area (Å²) in [5, 5.41) is 3.37. The highest BCUT2D eigenvalue weighted by Gasteiger charge is 2.16. The van der Waals surface area contributed by atoms with Crippen molar-refractivity contribution in [2.24, 2.45) is 0 Å². The van der Waals surface area contributed by atoms with Gasteiger partial charge in [0.05, 0.1) is 18.8 Å². The van der Waals surface area contributed by atoms with E-state index in [-0.39, 0.29) is 6.04 Å². The number of halogens is 1. The molecular weight excluding hydrogens is 328 g/mol. The average molecular weight is 349 g/mol. The van der Waals surface area contributed by atoms with Gasteiger partial charge in [-0.3, -0.25) is 4.98 Å². The average Bonchev–Trinajstić information content (AvgIpc) is 2.50. The number of ether oxygens (including phenoxy) is 1. The molecule has 0 spiro atoms. The molecule has 112 valence electrons. The van der Waals surface area contributed by atoms with Gasteiger partial charge >= 0.3 is 0 Å². The van der Waals surface area contributed by atoms with Crippen molar-refractivity contribution in [1.82, 2.24) is 10.3 Å². The second kappa shape index (κ2) is 7.57. The van der Waals surface area contributed by atoms with Crippen LogP contribution in [0.4, 0.5) is 0 Å². The zero-order valence-electron chi connectivity index (χ0n) is 12.7. The molecule has 0 saturated heterocycles. The topological polar surface area (TPSA) is 34.1 Å². The lowest BCUT2D eigenvalue weighted by Gasteiger charge is -2.20. The van der Waals surface area contributed by atoms with Gasteiger partial charge in [-0.05, 0) is 49.2 Å². The van der Waals surface area contributed by atoms with Gasteiger partial charge in [-0.1, -0.05) is 35.0 Å². The Balaban J connectivity index is 2.35. The summed E-state index contributed by atoms with van der Waals surface area (Å²) in [5.74, 6) is 0.822. The highest BCUT2D eigenvalue weighted by Crippen LogP contribution is 2.29. The van der Waals surface area contributed by atoms with Crippen molar-refractivity contribution < 1.29 is 4.74 Å². The number of pyridine rings is 1. The van der Waals surface area contributed by atoms with Crippen molar-refractivity contribution in [3.8, 4) is 5.75 Å². The first-order valence-electron chi connectivity index (χ1n) is 7.17. The fourth-order valence-corrected chi connectivity index (χ4v) is 2.71. The van der Waals surface area contributed by atoms with Gasteiger partial charge in [-0.25, -0.2) is 0 Å². The third-order valence-electron chi connectivity index (χ3n) is 3.45. The van der Waals surface area contributed by atoms with E-state index in [4.69, 9.17) is 4.74 Å². The third-order valence-corrected chi connectivity index (χ3v) is 4.31. The second-order valence-electron chi connectivity index (χ2n) is 4.98. The van der Waals surface area contributed by atoms with Crippen LogP contribution in [-0.4, -0.2) is 18.6 Å². The van der Waals surface area contributed by atoms with Gasteiger partial charge in [-0.2, -0.15) is 0 Å². The van der Waals surface area contributed by atoms with E-state index in [1.807, 2.05) is 13.2 Å². The maximum absolute atomic E-state index is 5.68. The van der Waals surface area contributed by atoms with Gasteiger partial charge in [0, 0.05) is 10.7 Å². The molecule has 0 saturated carbocycles. The normalized spacial score (nSPS) is 12.2. The number of rotatable bonds is 6. The molecule has 1 aromatic heterocycles. The summed E-state index contributed by atoms with van der Waals surface area (Å²) >= 11 is 3.60. The first kappa shape index (κ1) is 16.0. The molecule has 0 fully saturated rings. The lowest BCUT2D eigenvalue weighted by molar-refractivity contribution is 0.315. The zero-order chi connectivity index (χ0) is 15.2. The summed E-state index contributed by atoms with van der Waals surface area (Å²) in [6, 6.07) is 8.41. The molecule has 1 N–H and O–H groups in total. The maximum Gasteiger partial charge on any atom is 0.137 e. The van der Waals surface area contributed by atoms with Crippen molar-refractivity contribution in [2.45, 2.75) is 26.3 Å². The molecule has 0 amide bonds. The predicted octanol–water partition coefficient (Wildman–Crippen LogP) is 4.25. The standard InChI is InChI=1S/C17H21BrN2O/c1-4-8-21-14-9-13(10-20-11-14)17(19-3)15-6-5-7-16(18)12(15)2/h5-7,9-11,17,19H,4,8H2,1-3H3. The van der Waals surface area contributed by atoms with Crippen LogP contribution in [0.2, 0.25) is 0 Å². The van der Waals surface area contributed by atoms with E-state index < -0.39 is 0 Å². The highest BCUT2D eigenvalue weighted by molar-refractivity contribution is 9.10. The molecule has 1 unspecified atom stereocenters. The molecule has 0 aliphatic rings. The monoisotopic (exact) mass is 348 g/mol. The van der Waals surface area contributed by atoms with E-state index in [2.05, 4.69) is 64.3 Å². The summed E-state index contributed by atoms with van der Waals surface area (Å²) in [5.41, 5.74) is 3.57. The molecule has 0 aliphatic carbocycles. The molecular formula is C17H21BrN2O. The SMILES string of the molecule is CCCOc1cncc(C(NC)c2cccc(Br)c2C)c1. The van der Waals surface area contributed by atoms with Gasteiger partial charge in [0.1, 0.15) is 5.75 Å². The Labute approximate surface area is 134 Å². The Hall–Kier alpha value is -1.39. The minimum atomic E-state index is 0.0974. The van der Waals surface area contributed by atoms with Crippen LogP contribution in [0.3, 0.4) is 0 Å². The zero-order valence-corrected chi connectivity index (χ0v) is 14.3. The Kier molecular flexibility index (Phi) is 5.76. The smallest absolute Gasteiger partial charge is 0.137 e. The molecule has 1 aromatic carbocycles. The predicted molar refractivity (Wildman–Crippen MR) is 89.8 cm³/mol. The lowest BCUT2D eigenvalue weighted by Crippen LogP contribution is -2.19. The minimum absolute atomic E-state index is 0.0974. The maximum atomic E-state index is 5.68. The minimum Gasteiger partial charge on any atom is -0.492 e. The van der Waals surface area contributed by atoms with Gasteiger partial charge in [-0.15, -0.1) is 0 Å². The van der Waals surface area contributed by atoms with Crippen molar-refractivity contribution >= 4 is 15.9 Å².